The van der Waals surface area contributed by atoms with Gasteiger partial charge in [-0.2, -0.15) is 74.6 Å². The molecule has 1 amide bonds. The van der Waals surface area contributed by atoms with Crippen molar-refractivity contribution in [2.75, 3.05) is 13.2 Å². The van der Waals surface area contributed by atoms with Crippen LogP contribution in [-0.2, 0) is 14.3 Å². The van der Waals surface area contributed by atoms with Crippen molar-refractivity contribution in [3.63, 3.8) is 0 Å². The lowest BCUT2D eigenvalue weighted by Gasteiger charge is -2.42. The van der Waals surface area contributed by atoms with Gasteiger partial charge in [0.2, 0.25) is 0 Å². The maximum Gasteiger partial charge on any atom is 0.474 e. The number of hydrogen-bond acceptors (Lipinski definition) is 4. The third kappa shape index (κ3) is 5.20. The van der Waals surface area contributed by atoms with Crippen LogP contribution in [-0.4, -0.2) is 73.0 Å². The molecule has 0 atom stereocenters. The van der Waals surface area contributed by atoms with Crippen molar-refractivity contribution in [3.05, 3.63) is 12.7 Å². The second-order valence-corrected chi connectivity index (χ2v) is 6.15. The number of carbonyl (C=O) groups is 2. The fourth-order valence-corrected chi connectivity index (χ4v) is 1.73. The molecule has 1 N–H and O–H groups in total. The van der Waals surface area contributed by atoms with E-state index in [2.05, 4.69) is 16.1 Å². The molecule has 0 spiro atoms. The van der Waals surface area contributed by atoms with Gasteiger partial charge in [0.15, 0.2) is 0 Å². The van der Waals surface area contributed by atoms with Gasteiger partial charge in [-0.05, 0) is 0 Å². The molecular weight excluding hydrogens is 569 g/mol. The Kier molecular flexibility index (Phi) is 8.91. The molecule has 0 aromatic carbocycles. The summed E-state index contributed by atoms with van der Waals surface area (Å²) in [6, 6.07) is 0. The highest BCUT2D eigenvalue weighted by Crippen LogP contribution is 2.63. The first-order chi connectivity index (χ1) is 15.6. The molecule has 22 heteroatoms. The highest BCUT2D eigenvalue weighted by Gasteiger charge is 2.95. The predicted octanol–water partition coefficient (Wildman–Crippen LogP) is 5.41. The molecule has 0 fully saturated rings. The lowest BCUT2D eigenvalue weighted by molar-refractivity contribution is -0.473. The molecule has 212 valence electrons. The smallest absolute Gasteiger partial charge is 0.461 e. The summed E-state index contributed by atoms with van der Waals surface area (Å²) in [6.45, 7) is 0.721. The Bertz CT molecular complexity index is 836. The molecule has 0 aromatic heterocycles. The van der Waals surface area contributed by atoms with Crippen molar-refractivity contribution in [1.82, 2.24) is 5.32 Å². The van der Waals surface area contributed by atoms with Gasteiger partial charge < -0.3 is 14.8 Å². The first-order valence-electron chi connectivity index (χ1n) is 8.07. The zero-order chi connectivity index (χ0) is 29.4. The number of esters is 1. The van der Waals surface area contributed by atoms with E-state index >= 15 is 0 Å². The monoisotopic (exact) mass is 577 g/mol. The van der Waals surface area contributed by atoms with Crippen LogP contribution in [0, 0.1) is 0 Å². The summed E-state index contributed by atoms with van der Waals surface area (Å²) in [5, 5.41) is 0.961. The number of carbonyl (C=O) groups excluding carboxylic acids is 2. The highest BCUT2D eigenvalue weighted by molar-refractivity contribution is 5.81. The summed E-state index contributed by atoms with van der Waals surface area (Å²) in [5.41, 5.74) is 0. The van der Waals surface area contributed by atoms with Crippen LogP contribution in [0.25, 0.3) is 0 Å². The molecule has 0 bridgehead atoms. The van der Waals surface area contributed by atoms with Gasteiger partial charge in [-0.1, -0.05) is 6.58 Å². The molecule has 0 radical (unpaired) electrons. The Morgan fingerprint density at radius 2 is 1.00 bits per heavy atom. The molecule has 0 saturated heterocycles. The van der Waals surface area contributed by atoms with E-state index in [4.69, 9.17) is 0 Å². The Balaban J connectivity index is 6.14. The van der Waals surface area contributed by atoms with Crippen LogP contribution < -0.4 is 5.32 Å². The van der Waals surface area contributed by atoms with Crippen LogP contribution in [0.1, 0.15) is 0 Å². The Hall–Kier alpha value is -2.71. The number of nitrogens with one attached hydrogen (secondary N) is 1. The van der Waals surface area contributed by atoms with Gasteiger partial charge >= 0.3 is 59.9 Å². The molecule has 0 aliphatic rings. The van der Waals surface area contributed by atoms with E-state index in [1.54, 1.807) is 0 Å². The highest BCUT2D eigenvalue weighted by atomic mass is 19.4. The predicted molar refractivity (Wildman–Crippen MR) is 76.3 cm³/mol. The standard InChI is InChI=1S/C14H8F17NO4/c1-2-5(33)35-4-3-32-6(34)36-14(30,31)12(25,26)10(21,22)8(17,18)7(15,16)9(19,20)11(23,24)13(27,28)29/h2H,1,3-4H2,(H,32,34). The van der Waals surface area contributed by atoms with Crippen LogP contribution in [0.4, 0.5) is 79.4 Å². The van der Waals surface area contributed by atoms with Crippen LogP contribution in [0.3, 0.4) is 0 Å². The van der Waals surface area contributed by atoms with Gasteiger partial charge in [-0.25, -0.2) is 9.59 Å². The number of hydrogen-bond donors (Lipinski definition) is 1. The Morgan fingerprint density at radius 1 is 0.639 bits per heavy atom. The van der Waals surface area contributed by atoms with Gasteiger partial charge in [0, 0.05) is 6.08 Å². The summed E-state index contributed by atoms with van der Waals surface area (Å²) >= 11 is 0. The van der Waals surface area contributed by atoms with Crippen molar-refractivity contribution in [3.8, 4) is 0 Å². The van der Waals surface area contributed by atoms with Gasteiger partial charge in [0.25, 0.3) is 0 Å². The zero-order valence-corrected chi connectivity index (χ0v) is 16.3. The maximum atomic E-state index is 13.5. The summed E-state index contributed by atoms with van der Waals surface area (Å²) in [6.07, 6.45) is -17.6. The summed E-state index contributed by atoms with van der Waals surface area (Å²) in [5.74, 6) is -52.5. The molecule has 36 heavy (non-hydrogen) atoms. The van der Waals surface area contributed by atoms with E-state index in [-0.39, 0.29) is 0 Å². The molecule has 0 heterocycles. The minimum Gasteiger partial charge on any atom is -0.461 e. The van der Waals surface area contributed by atoms with Crippen LogP contribution in [0.2, 0.25) is 0 Å². The number of alkyl carbamates (subject to hydrolysis) is 1. The van der Waals surface area contributed by atoms with Crippen molar-refractivity contribution >= 4 is 12.1 Å². The van der Waals surface area contributed by atoms with Gasteiger partial charge in [-0.15, -0.1) is 0 Å². The lowest BCUT2D eigenvalue weighted by Crippen LogP contribution is -2.74. The SMILES string of the molecule is C=CC(=O)OCCNC(=O)OC(F)(F)C(F)(F)C(F)(F)C(F)(F)C(F)(F)C(F)(F)C(F)(F)C(F)(F)F. The third-order valence-electron chi connectivity index (χ3n) is 3.70. The van der Waals surface area contributed by atoms with E-state index in [9.17, 15) is 84.2 Å². The van der Waals surface area contributed by atoms with Crippen molar-refractivity contribution in [2.24, 2.45) is 0 Å². The first-order valence-corrected chi connectivity index (χ1v) is 8.07. The maximum absolute atomic E-state index is 13.5. The average molecular weight is 577 g/mol. The second kappa shape index (κ2) is 9.63. The fraction of sp³-hybridized carbons (Fsp3) is 0.714. The van der Waals surface area contributed by atoms with E-state index in [0.717, 1.165) is 5.32 Å². The molecular formula is C14H8F17NO4. The Morgan fingerprint density at radius 3 is 1.36 bits per heavy atom. The normalized spacial score (nSPS) is 14.8. The van der Waals surface area contributed by atoms with Crippen LogP contribution in [0.15, 0.2) is 12.7 Å². The number of halogens is 17. The van der Waals surface area contributed by atoms with E-state index < -0.39 is 73.0 Å². The molecule has 0 aromatic rings. The molecule has 0 rings (SSSR count). The number of rotatable bonds is 11. The quantitative estimate of drug-likeness (QED) is 0.155. The second-order valence-electron chi connectivity index (χ2n) is 6.15. The van der Waals surface area contributed by atoms with Crippen LogP contribution in [0.5, 0.6) is 0 Å². The number of amides is 1. The van der Waals surface area contributed by atoms with E-state index in [0.29, 0.717) is 6.08 Å². The molecule has 0 aliphatic carbocycles. The molecule has 0 saturated carbocycles. The summed E-state index contributed by atoms with van der Waals surface area (Å²) in [7, 11) is 0. The number of ether oxygens (including phenoxy) is 2. The largest absolute Gasteiger partial charge is 0.474 e. The van der Waals surface area contributed by atoms with Crippen molar-refractivity contribution in [2.45, 2.75) is 47.8 Å². The van der Waals surface area contributed by atoms with Gasteiger partial charge in [0.1, 0.15) is 6.61 Å². The third-order valence-corrected chi connectivity index (χ3v) is 3.70. The fourth-order valence-electron chi connectivity index (χ4n) is 1.73. The number of alkyl halides is 17. The molecule has 0 aliphatic heterocycles. The first kappa shape index (κ1) is 33.3. The zero-order valence-electron chi connectivity index (χ0n) is 16.3. The molecule has 5 nitrogen and oxygen atoms in total. The van der Waals surface area contributed by atoms with E-state index in [1.807, 2.05) is 0 Å². The minimum absolute atomic E-state index is 0.499. The minimum atomic E-state index is -8.79. The van der Waals surface area contributed by atoms with Gasteiger partial charge in [0.05, 0.1) is 6.54 Å². The summed E-state index contributed by atoms with van der Waals surface area (Å²) in [4.78, 5) is 21.6. The van der Waals surface area contributed by atoms with Crippen molar-refractivity contribution in [1.29, 1.82) is 0 Å². The van der Waals surface area contributed by atoms with Crippen LogP contribution >= 0.6 is 0 Å². The van der Waals surface area contributed by atoms with E-state index in [1.165, 1.54) is 0 Å². The average Bonchev–Trinajstić information content (AvgIpc) is 2.68. The molecule has 0 unspecified atom stereocenters. The topological polar surface area (TPSA) is 64.6 Å². The Labute approximate surface area is 186 Å². The summed E-state index contributed by atoms with van der Waals surface area (Å²) < 4.78 is 228. The lowest BCUT2D eigenvalue weighted by atomic mass is 9.90. The van der Waals surface area contributed by atoms with Gasteiger partial charge in [-0.3, -0.25) is 0 Å². The van der Waals surface area contributed by atoms with Crippen molar-refractivity contribution < 1.29 is 93.7 Å².